The Morgan fingerprint density at radius 3 is 1.30 bits per heavy atom. The summed E-state index contributed by atoms with van der Waals surface area (Å²) in [5.41, 5.74) is 10.5. The van der Waals surface area contributed by atoms with Crippen molar-refractivity contribution in [2.24, 2.45) is 0 Å². The third-order valence-corrected chi connectivity index (χ3v) is 10.8. The first kappa shape index (κ1) is 26.5. The van der Waals surface area contributed by atoms with Crippen LogP contribution in [0.3, 0.4) is 0 Å². The van der Waals surface area contributed by atoms with Gasteiger partial charge in [-0.15, -0.1) is 0 Å². The highest BCUT2D eigenvalue weighted by Gasteiger charge is 2.35. The van der Waals surface area contributed by atoms with E-state index in [4.69, 9.17) is 0 Å². The van der Waals surface area contributed by atoms with Gasteiger partial charge in [-0.1, -0.05) is 159 Å². The zero-order valence-corrected chi connectivity index (χ0v) is 26.5. The average molecular weight is 597 g/mol. The fourth-order valence-electron chi connectivity index (χ4n) is 8.65. The minimum Gasteiger partial charge on any atom is -0.0619 e. The molecule has 220 valence electrons. The van der Waals surface area contributed by atoms with Crippen LogP contribution in [0.15, 0.2) is 158 Å². The molecule has 0 spiro atoms. The maximum absolute atomic E-state index is 2.46. The molecular weight excluding hydrogens is 565 g/mol. The molecule has 47 heavy (non-hydrogen) atoms. The van der Waals surface area contributed by atoms with Crippen LogP contribution < -0.4 is 0 Å². The summed E-state index contributed by atoms with van der Waals surface area (Å²) in [6.07, 6.45) is 0. The van der Waals surface area contributed by atoms with Gasteiger partial charge in [-0.25, -0.2) is 0 Å². The standard InChI is InChI=1S/C47H32/c1-47(2)43-22-12-11-18-37(43)38-26-24-30(28-44(38)47)32-14-4-3-13-31(32)29-23-25-36-35-17-7-9-20-40(35)45-39-19-8-5-15-33(39)34-16-6-10-21-41(34)46(45)42(36)27-29/h3-28H,1-2H3. The van der Waals surface area contributed by atoms with E-state index in [0.29, 0.717) is 0 Å². The first-order valence-electron chi connectivity index (χ1n) is 16.6. The molecule has 0 bridgehead atoms. The summed E-state index contributed by atoms with van der Waals surface area (Å²) in [6, 6.07) is 58.9. The molecule has 0 heteroatoms. The maximum atomic E-state index is 2.46. The van der Waals surface area contributed by atoms with Crippen molar-refractivity contribution in [3.05, 3.63) is 169 Å². The molecule has 0 amide bonds. The van der Waals surface area contributed by atoms with Gasteiger partial charge in [-0.05, 0) is 111 Å². The van der Waals surface area contributed by atoms with Gasteiger partial charge < -0.3 is 0 Å². The molecular formula is C47H32. The third-order valence-electron chi connectivity index (χ3n) is 10.8. The number of benzene rings is 9. The fourth-order valence-corrected chi connectivity index (χ4v) is 8.65. The second-order valence-electron chi connectivity index (χ2n) is 13.6. The zero-order chi connectivity index (χ0) is 31.3. The average Bonchev–Trinajstić information content (AvgIpc) is 3.36. The van der Waals surface area contributed by atoms with Crippen LogP contribution in [0.1, 0.15) is 25.0 Å². The lowest BCUT2D eigenvalue weighted by atomic mass is 9.81. The molecule has 0 radical (unpaired) electrons. The van der Waals surface area contributed by atoms with E-state index in [9.17, 15) is 0 Å². The first-order chi connectivity index (χ1) is 23.1. The minimum atomic E-state index is -0.0381. The SMILES string of the molecule is CC1(C)c2ccccc2-c2ccc(-c3ccccc3-c3ccc4c5ccccc5c5c6ccccc6c6ccccc6c5c4c3)cc21. The highest BCUT2D eigenvalue weighted by Crippen LogP contribution is 2.50. The predicted octanol–water partition coefficient (Wildman–Crippen LogP) is 13.1. The van der Waals surface area contributed by atoms with Crippen LogP contribution in [-0.4, -0.2) is 0 Å². The molecule has 0 N–H and O–H groups in total. The molecule has 9 aromatic carbocycles. The van der Waals surface area contributed by atoms with Gasteiger partial charge >= 0.3 is 0 Å². The lowest BCUT2D eigenvalue weighted by molar-refractivity contribution is 0.660. The van der Waals surface area contributed by atoms with Gasteiger partial charge in [0, 0.05) is 5.41 Å². The third kappa shape index (κ3) is 3.64. The predicted molar refractivity (Wildman–Crippen MR) is 202 cm³/mol. The van der Waals surface area contributed by atoms with Gasteiger partial charge in [0.15, 0.2) is 0 Å². The van der Waals surface area contributed by atoms with Crippen molar-refractivity contribution in [3.63, 3.8) is 0 Å². The lowest BCUT2D eigenvalue weighted by Gasteiger charge is -2.22. The summed E-state index contributed by atoms with van der Waals surface area (Å²) < 4.78 is 0. The molecule has 0 nitrogen and oxygen atoms in total. The molecule has 1 aliphatic rings. The van der Waals surface area contributed by atoms with Gasteiger partial charge in [-0.3, -0.25) is 0 Å². The van der Waals surface area contributed by atoms with E-state index in [1.54, 1.807) is 0 Å². The van der Waals surface area contributed by atoms with Crippen molar-refractivity contribution in [1.82, 2.24) is 0 Å². The van der Waals surface area contributed by atoms with Crippen molar-refractivity contribution >= 4 is 53.9 Å². The Kier molecular flexibility index (Phi) is 5.44. The minimum absolute atomic E-state index is 0.0381. The van der Waals surface area contributed by atoms with E-state index in [-0.39, 0.29) is 5.41 Å². The summed E-state index contributed by atoms with van der Waals surface area (Å²) >= 11 is 0. The van der Waals surface area contributed by atoms with Crippen LogP contribution in [0.2, 0.25) is 0 Å². The van der Waals surface area contributed by atoms with Gasteiger partial charge in [0.2, 0.25) is 0 Å². The Labute approximate surface area is 274 Å². The summed E-state index contributed by atoms with van der Waals surface area (Å²) in [5, 5.41) is 13.1. The molecule has 10 rings (SSSR count). The topological polar surface area (TPSA) is 0 Å². The summed E-state index contributed by atoms with van der Waals surface area (Å²) in [4.78, 5) is 0. The summed E-state index contributed by atoms with van der Waals surface area (Å²) in [6.45, 7) is 4.72. The van der Waals surface area contributed by atoms with Gasteiger partial charge in [0.25, 0.3) is 0 Å². The highest BCUT2D eigenvalue weighted by atomic mass is 14.4. The Morgan fingerprint density at radius 2 is 0.702 bits per heavy atom. The molecule has 0 saturated heterocycles. The van der Waals surface area contributed by atoms with Crippen LogP contribution in [0.25, 0.3) is 87.2 Å². The van der Waals surface area contributed by atoms with Crippen molar-refractivity contribution in [3.8, 4) is 33.4 Å². The molecule has 0 aromatic heterocycles. The molecule has 0 atom stereocenters. The van der Waals surface area contributed by atoms with Crippen LogP contribution in [0, 0.1) is 0 Å². The Balaban J connectivity index is 1.27. The Morgan fingerprint density at radius 1 is 0.298 bits per heavy atom. The van der Waals surface area contributed by atoms with Crippen LogP contribution in [-0.2, 0) is 5.41 Å². The summed E-state index contributed by atoms with van der Waals surface area (Å²) in [7, 11) is 0. The number of fused-ring (bicyclic) bond motifs is 14. The van der Waals surface area contributed by atoms with E-state index in [1.807, 2.05) is 0 Å². The van der Waals surface area contributed by atoms with Crippen LogP contribution >= 0.6 is 0 Å². The molecule has 0 aliphatic heterocycles. The molecule has 1 aliphatic carbocycles. The number of hydrogen-bond acceptors (Lipinski definition) is 0. The summed E-state index contributed by atoms with van der Waals surface area (Å²) in [5.74, 6) is 0. The molecule has 0 unspecified atom stereocenters. The van der Waals surface area contributed by atoms with E-state index in [1.165, 1.54) is 98.4 Å². The normalized spacial score (nSPS) is 13.5. The maximum Gasteiger partial charge on any atom is 0.0159 e. The van der Waals surface area contributed by atoms with Crippen LogP contribution in [0.5, 0.6) is 0 Å². The zero-order valence-electron chi connectivity index (χ0n) is 26.5. The van der Waals surface area contributed by atoms with Gasteiger partial charge in [-0.2, -0.15) is 0 Å². The molecule has 9 aromatic rings. The van der Waals surface area contributed by atoms with Crippen molar-refractivity contribution in [1.29, 1.82) is 0 Å². The molecule has 0 saturated carbocycles. The van der Waals surface area contributed by atoms with Crippen molar-refractivity contribution < 1.29 is 0 Å². The quantitative estimate of drug-likeness (QED) is 0.174. The monoisotopic (exact) mass is 596 g/mol. The highest BCUT2D eigenvalue weighted by molar-refractivity contribution is 6.39. The first-order valence-corrected chi connectivity index (χ1v) is 16.6. The van der Waals surface area contributed by atoms with E-state index in [2.05, 4.69) is 172 Å². The number of hydrogen-bond donors (Lipinski definition) is 0. The lowest BCUT2D eigenvalue weighted by Crippen LogP contribution is -2.14. The molecule has 0 heterocycles. The smallest absolute Gasteiger partial charge is 0.0159 e. The van der Waals surface area contributed by atoms with E-state index in [0.717, 1.165) is 0 Å². The van der Waals surface area contributed by atoms with E-state index >= 15 is 0 Å². The van der Waals surface area contributed by atoms with Crippen LogP contribution in [0.4, 0.5) is 0 Å². The van der Waals surface area contributed by atoms with Crippen molar-refractivity contribution in [2.45, 2.75) is 19.3 Å². The second kappa shape index (κ2) is 9.64. The van der Waals surface area contributed by atoms with Gasteiger partial charge in [0.1, 0.15) is 0 Å². The Hall–Kier alpha value is -5.72. The van der Waals surface area contributed by atoms with E-state index < -0.39 is 0 Å². The fraction of sp³-hybridized carbons (Fsp3) is 0.0638. The second-order valence-corrected chi connectivity index (χ2v) is 13.6. The molecule has 0 fully saturated rings. The Bertz CT molecular complexity index is 2740. The van der Waals surface area contributed by atoms with Crippen molar-refractivity contribution in [2.75, 3.05) is 0 Å². The largest absolute Gasteiger partial charge is 0.0619 e. The number of rotatable bonds is 2. The van der Waals surface area contributed by atoms with Gasteiger partial charge in [0.05, 0.1) is 0 Å².